The van der Waals surface area contributed by atoms with E-state index in [2.05, 4.69) is 43.4 Å². The highest BCUT2D eigenvalue weighted by atomic mass is 35.5. The number of nitrogens with one attached hydrogen (secondary N) is 1. The first kappa shape index (κ1) is 16.4. The summed E-state index contributed by atoms with van der Waals surface area (Å²) in [4.78, 5) is 2.20. The Bertz CT molecular complexity index is 429. The van der Waals surface area contributed by atoms with Gasteiger partial charge in [0.05, 0.1) is 16.4 Å². The van der Waals surface area contributed by atoms with E-state index in [0.717, 1.165) is 29.3 Å². The van der Waals surface area contributed by atoms with Crippen LogP contribution in [0.15, 0.2) is 0 Å². The zero-order valence-corrected chi connectivity index (χ0v) is 13.5. The molecule has 3 N–H and O–H groups in total. The minimum atomic E-state index is -0.0454. The smallest absolute Gasteiger partial charge is 0.0847 e. The third kappa shape index (κ3) is 3.11. The van der Waals surface area contributed by atoms with E-state index in [1.54, 1.807) is 0 Å². The minimum absolute atomic E-state index is 0.0454. The van der Waals surface area contributed by atoms with Gasteiger partial charge in [0.1, 0.15) is 0 Å². The summed E-state index contributed by atoms with van der Waals surface area (Å²) in [5, 5.41) is 5.09. The van der Waals surface area contributed by atoms with Gasteiger partial charge in [-0.1, -0.05) is 18.5 Å². The van der Waals surface area contributed by atoms with E-state index in [1.807, 2.05) is 18.7 Å². The second-order valence-electron chi connectivity index (χ2n) is 5.50. The quantitative estimate of drug-likeness (QED) is 0.615. The molecule has 0 saturated carbocycles. The fourth-order valence-corrected chi connectivity index (χ4v) is 2.67. The lowest BCUT2D eigenvalue weighted by molar-refractivity contribution is 0.111. The van der Waals surface area contributed by atoms with Crippen molar-refractivity contribution in [2.75, 3.05) is 14.1 Å². The Morgan fingerprint density at radius 2 is 2.11 bits per heavy atom. The zero-order chi connectivity index (χ0) is 14.8. The molecular weight excluding hydrogens is 262 g/mol. The molecule has 19 heavy (non-hydrogen) atoms. The summed E-state index contributed by atoms with van der Waals surface area (Å²) in [5.41, 5.74) is 4.78. The molecule has 0 fully saturated rings. The number of aromatic nitrogens is 2. The highest BCUT2D eigenvalue weighted by Gasteiger charge is 2.35. The number of hydrazine groups is 1. The average Bonchev–Trinajstić information content (AvgIpc) is 2.60. The fourth-order valence-electron chi connectivity index (χ4n) is 2.43. The minimum Gasteiger partial charge on any atom is -0.302 e. The predicted molar refractivity (Wildman–Crippen MR) is 80.2 cm³/mol. The maximum absolute atomic E-state index is 6.32. The summed E-state index contributed by atoms with van der Waals surface area (Å²) in [6, 6.07) is 0.0970. The molecule has 0 saturated heterocycles. The maximum Gasteiger partial charge on any atom is 0.0847 e. The van der Waals surface area contributed by atoms with Gasteiger partial charge in [-0.25, -0.2) is 0 Å². The van der Waals surface area contributed by atoms with E-state index >= 15 is 0 Å². The van der Waals surface area contributed by atoms with E-state index in [9.17, 15) is 0 Å². The van der Waals surface area contributed by atoms with Crippen LogP contribution in [0.3, 0.4) is 0 Å². The molecule has 0 aliphatic heterocycles. The zero-order valence-electron chi connectivity index (χ0n) is 12.8. The molecule has 1 aromatic rings. The molecule has 6 heteroatoms. The van der Waals surface area contributed by atoms with Gasteiger partial charge in [0.25, 0.3) is 0 Å². The average molecular weight is 288 g/mol. The fraction of sp³-hybridized carbons (Fsp3) is 0.769. The largest absolute Gasteiger partial charge is 0.302 e. The molecule has 2 unspecified atom stereocenters. The SMILES string of the molecule is CCC(C)(C(Cc1c(Cl)c(C)nn1C)NN)N(C)C. The summed E-state index contributed by atoms with van der Waals surface area (Å²) in [6.45, 7) is 6.29. The van der Waals surface area contributed by atoms with Crippen LogP contribution in [0.5, 0.6) is 0 Å². The molecule has 0 radical (unpaired) electrons. The molecule has 1 aromatic heterocycles. The van der Waals surface area contributed by atoms with E-state index in [-0.39, 0.29) is 11.6 Å². The second kappa shape index (κ2) is 6.22. The Morgan fingerprint density at radius 1 is 1.53 bits per heavy atom. The van der Waals surface area contributed by atoms with Crippen molar-refractivity contribution in [1.29, 1.82) is 0 Å². The molecule has 0 spiro atoms. The van der Waals surface area contributed by atoms with E-state index in [0.29, 0.717) is 0 Å². The number of nitrogens with zero attached hydrogens (tertiary/aromatic N) is 3. The van der Waals surface area contributed by atoms with E-state index in [4.69, 9.17) is 17.4 Å². The van der Waals surface area contributed by atoms with E-state index < -0.39 is 0 Å². The number of rotatable bonds is 6. The lowest BCUT2D eigenvalue weighted by Gasteiger charge is -2.42. The van der Waals surface area contributed by atoms with Crippen LogP contribution in [0.25, 0.3) is 0 Å². The van der Waals surface area contributed by atoms with E-state index in [1.165, 1.54) is 0 Å². The first-order valence-corrected chi connectivity index (χ1v) is 6.97. The number of hydrogen-bond acceptors (Lipinski definition) is 4. The molecule has 0 bridgehead atoms. The Kier molecular flexibility index (Phi) is 5.38. The number of aryl methyl sites for hydroxylation is 2. The number of hydrogen-bond donors (Lipinski definition) is 2. The van der Waals surface area contributed by atoms with Crippen LogP contribution in [0.4, 0.5) is 0 Å². The van der Waals surface area contributed by atoms with Crippen LogP contribution in [0, 0.1) is 6.92 Å². The Morgan fingerprint density at radius 3 is 2.42 bits per heavy atom. The summed E-state index contributed by atoms with van der Waals surface area (Å²) < 4.78 is 1.84. The molecule has 0 aliphatic rings. The molecular formula is C13H26ClN5. The lowest BCUT2D eigenvalue weighted by Crippen LogP contribution is -2.59. The standard InChI is InChI=1S/C13H26ClN5/c1-7-13(3,18(4)5)11(16-15)8-10-12(14)9(2)17-19(10)6/h11,16H,7-8,15H2,1-6H3. The van der Waals surface area contributed by atoms with Crippen molar-refractivity contribution in [1.82, 2.24) is 20.1 Å². The van der Waals surface area contributed by atoms with Crippen LogP contribution in [0.1, 0.15) is 31.7 Å². The number of nitrogens with two attached hydrogens (primary N) is 1. The third-order valence-electron chi connectivity index (χ3n) is 4.35. The number of halogens is 1. The van der Waals surface area contributed by atoms with Gasteiger partial charge in [-0.05, 0) is 34.4 Å². The monoisotopic (exact) mass is 287 g/mol. The van der Waals surface area contributed by atoms with Crippen molar-refractivity contribution in [3.63, 3.8) is 0 Å². The predicted octanol–water partition coefficient (Wildman–Crippen LogP) is 1.49. The topological polar surface area (TPSA) is 59.1 Å². The highest BCUT2D eigenvalue weighted by Crippen LogP contribution is 2.27. The second-order valence-corrected chi connectivity index (χ2v) is 5.88. The van der Waals surface area contributed by atoms with Gasteiger partial charge in [0.2, 0.25) is 0 Å². The van der Waals surface area contributed by atoms with Gasteiger partial charge in [0, 0.05) is 25.0 Å². The van der Waals surface area contributed by atoms with Crippen molar-refractivity contribution in [3.05, 3.63) is 16.4 Å². The molecule has 0 aliphatic carbocycles. The normalized spacial score (nSPS) is 16.7. The molecule has 2 atom stereocenters. The molecule has 0 amide bonds. The molecule has 0 aromatic carbocycles. The lowest BCUT2D eigenvalue weighted by atomic mass is 9.85. The van der Waals surface area contributed by atoms with Crippen molar-refractivity contribution in [2.24, 2.45) is 12.9 Å². The van der Waals surface area contributed by atoms with Gasteiger partial charge in [-0.3, -0.25) is 16.0 Å². The molecule has 110 valence electrons. The van der Waals surface area contributed by atoms with Gasteiger partial charge in [-0.15, -0.1) is 0 Å². The van der Waals surface area contributed by atoms with Crippen LogP contribution < -0.4 is 11.3 Å². The third-order valence-corrected chi connectivity index (χ3v) is 4.84. The summed E-state index contributed by atoms with van der Waals surface area (Å²) in [7, 11) is 6.06. The van der Waals surface area contributed by atoms with Gasteiger partial charge in [-0.2, -0.15) is 5.10 Å². The maximum atomic E-state index is 6.32. The Balaban J connectivity index is 3.06. The molecule has 1 rings (SSSR count). The first-order chi connectivity index (χ1) is 8.77. The van der Waals surface area contributed by atoms with Crippen molar-refractivity contribution >= 4 is 11.6 Å². The Labute approximate surface area is 121 Å². The van der Waals surface area contributed by atoms with Crippen LogP contribution in [0.2, 0.25) is 5.02 Å². The molecule has 5 nitrogen and oxygen atoms in total. The van der Waals surface area contributed by atoms with Crippen molar-refractivity contribution in [3.8, 4) is 0 Å². The van der Waals surface area contributed by atoms with Crippen LogP contribution >= 0.6 is 11.6 Å². The summed E-state index contributed by atoms with van der Waals surface area (Å²) >= 11 is 6.32. The summed E-state index contributed by atoms with van der Waals surface area (Å²) in [6.07, 6.45) is 1.73. The summed E-state index contributed by atoms with van der Waals surface area (Å²) in [5.74, 6) is 5.78. The van der Waals surface area contributed by atoms with Crippen molar-refractivity contribution in [2.45, 2.75) is 45.2 Å². The Hall–Kier alpha value is -0.620. The van der Waals surface area contributed by atoms with Gasteiger partial charge in [0.15, 0.2) is 0 Å². The first-order valence-electron chi connectivity index (χ1n) is 6.59. The van der Waals surface area contributed by atoms with Crippen LogP contribution in [-0.2, 0) is 13.5 Å². The van der Waals surface area contributed by atoms with Crippen molar-refractivity contribution < 1.29 is 0 Å². The number of likely N-dealkylation sites (N-methyl/N-ethyl adjacent to an activating group) is 1. The van der Waals surface area contributed by atoms with Gasteiger partial charge < -0.3 is 4.90 Å². The van der Waals surface area contributed by atoms with Crippen LogP contribution in [-0.4, -0.2) is 40.4 Å². The van der Waals surface area contributed by atoms with Gasteiger partial charge >= 0.3 is 0 Å². The molecule has 1 heterocycles. The highest BCUT2D eigenvalue weighted by molar-refractivity contribution is 6.31.